The van der Waals surface area contributed by atoms with Gasteiger partial charge in [0.25, 0.3) is 0 Å². The monoisotopic (exact) mass is 297 g/mol. The first-order valence-electron chi connectivity index (χ1n) is 6.58. The van der Waals surface area contributed by atoms with Crippen LogP contribution in [0.4, 0.5) is 4.39 Å². The van der Waals surface area contributed by atoms with Crippen molar-refractivity contribution in [1.29, 1.82) is 0 Å². The summed E-state index contributed by atoms with van der Waals surface area (Å²) in [4.78, 5) is 16.0. The van der Waals surface area contributed by atoms with Crippen LogP contribution >= 0.6 is 0 Å². The molecule has 110 valence electrons. The van der Waals surface area contributed by atoms with Crippen LogP contribution in [0.3, 0.4) is 0 Å². The Balaban J connectivity index is 1.90. The summed E-state index contributed by atoms with van der Waals surface area (Å²) in [5.41, 5.74) is 1.35. The molecule has 2 aromatic rings. The van der Waals surface area contributed by atoms with E-state index in [1.54, 1.807) is 43.5 Å². The number of rotatable bonds is 3. The van der Waals surface area contributed by atoms with Crippen LogP contribution in [0.1, 0.15) is 11.1 Å². The van der Waals surface area contributed by atoms with Crippen LogP contribution in [0.15, 0.2) is 59.2 Å². The van der Waals surface area contributed by atoms with Crippen molar-refractivity contribution < 1.29 is 18.7 Å². The third-order valence-electron chi connectivity index (χ3n) is 3.11. The van der Waals surface area contributed by atoms with Crippen LogP contribution in [0.2, 0.25) is 0 Å². The molecule has 22 heavy (non-hydrogen) atoms. The maximum Gasteiger partial charge on any atom is 0.363 e. The Morgan fingerprint density at radius 3 is 2.64 bits per heavy atom. The highest BCUT2D eigenvalue weighted by molar-refractivity contribution is 6.12. The van der Waals surface area contributed by atoms with E-state index in [9.17, 15) is 9.18 Å². The summed E-state index contributed by atoms with van der Waals surface area (Å²) < 4.78 is 23.4. The van der Waals surface area contributed by atoms with Gasteiger partial charge in [0.05, 0.1) is 7.11 Å². The highest BCUT2D eigenvalue weighted by Crippen LogP contribution is 2.21. The van der Waals surface area contributed by atoms with Crippen molar-refractivity contribution in [2.75, 3.05) is 7.11 Å². The van der Waals surface area contributed by atoms with Crippen LogP contribution < -0.4 is 4.74 Å². The lowest BCUT2D eigenvalue weighted by Crippen LogP contribution is -2.05. The van der Waals surface area contributed by atoms with Crippen molar-refractivity contribution in [3.63, 3.8) is 0 Å². The molecule has 0 fully saturated rings. The summed E-state index contributed by atoms with van der Waals surface area (Å²) in [7, 11) is 1.57. The Bertz CT molecular complexity index is 779. The van der Waals surface area contributed by atoms with Crippen molar-refractivity contribution in [3.8, 4) is 5.75 Å². The van der Waals surface area contributed by atoms with Gasteiger partial charge in [-0.15, -0.1) is 0 Å². The fourth-order valence-electron chi connectivity index (χ4n) is 2.02. The molecule has 0 amide bonds. The average Bonchev–Trinajstić information content (AvgIpc) is 2.88. The van der Waals surface area contributed by atoms with Gasteiger partial charge in [0.15, 0.2) is 5.70 Å². The number of halogens is 1. The molecule has 0 unspecified atom stereocenters. The number of hydrogen-bond donors (Lipinski definition) is 0. The zero-order chi connectivity index (χ0) is 15.5. The smallest absolute Gasteiger partial charge is 0.363 e. The molecule has 1 aliphatic rings. The quantitative estimate of drug-likeness (QED) is 0.646. The molecule has 3 rings (SSSR count). The van der Waals surface area contributed by atoms with Crippen LogP contribution in [0.5, 0.6) is 5.75 Å². The number of esters is 1. The highest BCUT2D eigenvalue weighted by atomic mass is 19.1. The van der Waals surface area contributed by atoms with Crippen molar-refractivity contribution >= 4 is 17.9 Å². The average molecular weight is 297 g/mol. The second-order valence-electron chi connectivity index (χ2n) is 4.62. The number of benzene rings is 2. The maximum absolute atomic E-state index is 13.2. The first kappa shape index (κ1) is 14.0. The molecule has 0 atom stereocenters. The second kappa shape index (κ2) is 5.81. The molecular formula is C17H12FNO3. The van der Waals surface area contributed by atoms with Crippen molar-refractivity contribution in [2.45, 2.75) is 0 Å². The number of ether oxygens (including phenoxy) is 2. The number of aliphatic imine (C=N–C) groups is 1. The van der Waals surface area contributed by atoms with E-state index in [0.29, 0.717) is 16.9 Å². The summed E-state index contributed by atoms with van der Waals surface area (Å²) in [6, 6.07) is 12.9. The number of nitrogens with zero attached hydrogens (tertiary/aromatic N) is 1. The molecule has 0 aliphatic carbocycles. The number of carbonyl (C=O) groups is 1. The Kier molecular flexibility index (Phi) is 3.70. The lowest BCUT2D eigenvalue weighted by molar-refractivity contribution is -0.129. The Morgan fingerprint density at radius 1 is 1.18 bits per heavy atom. The molecule has 0 radical (unpaired) electrons. The minimum absolute atomic E-state index is 0.136. The van der Waals surface area contributed by atoms with E-state index < -0.39 is 5.97 Å². The number of cyclic esters (lactones) is 1. The topological polar surface area (TPSA) is 47.9 Å². The highest BCUT2D eigenvalue weighted by Gasteiger charge is 2.24. The number of hydrogen-bond acceptors (Lipinski definition) is 4. The van der Waals surface area contributed by atoms with Gasteiger partial charge in [0, 0.05) is 5.56 Å². The predicted molar refractivity (Wildman–Crippen MR) is 80.0 cm³/mol. The third kappa shape index (κ3) is 2.88. The van der Waals surface area contributed by atoms with Crippen molar-refractivity contribution in [1.82, 2.24) is 0 Å². The van der Waals surface area contributed by atoms with E-state index in [0.717, 1.165) is 0 Å². The molecule has 2 aromatic carbocycles. The minimum Gasteiger partial charge on any atom is -0.497 e. The summed E-state index contributed by atoms with van der Waals surface area (Å²) in [6.45, 7) is 0. The standard InChI is InChI=1S/C17H12FNO3/c1-21-14-7-5-12(6-8-14)16-19-15(17(20)22-16)10-11-3-2-4-13(18)9-11/h2-10H,1H3/b15-10+. The molecular weight excluding hydrogens is 285 g/mol. The summed E-state index contributed by atoms with van der Waals surface area (Å²) in [5, 5.41) is 0. The van der Waals surface area contributed by atoms with E-state index >= 15 is 0 Å². The maximum atomic E-state index is 13.2. The Labute approximate surface area is 126 Å². The molecule has 0 spiro atoms. The number of carbonyl (C=O) groups excluding carboxylic acids is 1. The fraction of sp³-hybridized carbons (Fsp3) is 0.0588. The molecule has 0 saturated carbocycles. The molecule has 0 bridgehead atoms. The summed E-state index contributed by atoms with van der Waals surface area (Å²) in [6.07, 6.45) is 1.49. The Hall–Kier alpha value is -2.95. The van der Waals surface area contributed by atoms with Crippen LogP contribution in [0.25, 0.3) is 6.08 Å². The molecule has 0 aromatic heterocycles. The van der Waals surface area contributed by atoms with Gasteiger partial charge in [-0.3, -0.25) is 0 Å². The predicted octanol–water partition coefficient (Wildman–Crippen LogP) is 3.18. The SMILES string of the molecule is COc1ccc(C2=N/C(=C/c3cccc(F)c3)C(=O)O2)cc1. The van der Waals surface area contributed by atoms with E-state index in [2.05, 4.69) is 4.99 Å². The van der Waals surface area contributed by atoms with Crippen molar-refractivity contribution in [3.05, 3.63) is 71.2 Å². The van der Waals surface area contributed by atoms with Gasteiger partial charge in [-0.2, -0.15) is 0 Å². The first-order chi connectivity index (χ1) is 10.7. The zero-order valence-electron chi connectivity index (χ0n) is 11.7. The molecule has 4 nitrogen and oxygen atoms in total. The second-order valence-corrected chi connectivity index (χ2v) is 4.62. The molecule has 5 heteroatoms. The lowest BCUT2D eigenvalue weighted by atomic mass is 10.2. The van der Waals surface area contributed by atoms with Gasteiger partial charge < -0.3 is 9.47 Å². The van der Waals surface area contributed by atoms with E-state index in [4.69, 9.17) is 9.47 Å². The number of methoxy groups -OCH3 is 1. The Morgan fingerprint density at radius 2 is 1.95 bits per heavy atom. The van der Waals surface area contributed by atoms with Gasteiger partial charge in [-0.05, 0) is 48.0 Å². The van der Waals surface area contributed by atoms with Crippen LogP contribution in [-0.2, 0) is 9.53 Å². The van der Waals surface area contributed by atoms with E-state index in [1.165, 1.54) is 18.2 Å². The van der Waals surface area contributed by atoms with E-state index in [-0.39, 0.29) is 17.4 Å². The van der Waals surface area contributed by atoms with Gasteiger partial charge >= 0.3 is 5.97 Å². The molecule has 1 heterocycles. The van der Waals surface area contributed by atoms with E-state index in [1.807, 2.05) is 0 Å². The summed E-state index contributed by atoms with van der Waals surface area (Å²) >= 11 is 0. The fourth-order valence-corrected chi connectivity index (χ4v) is 2.02. The van der Waals surface area contributed by atoms with Crippen LogP contribution in [-0.4, -0.2) is 19.0 Å². The molecule has 1 aliphatic heterocycles. The van der Waals surface area contributed by atoms with Gasteiger partial charge in [-0.1, -0.05) is 12.1 Å². The molecule has 0 saturated heterocycles. The zero-order valence-corrected chi connectivity index (χ0v) is 11.7. The van der Waals surface area contributed by atoms with Crippen LogP contribution in [0, 0.1) is 5.82 Å². The lowest BCUT2D eigenvalue weighted by Gasteiger charge is -2.01. The summed E-state index contributed by atoms with van der Waals surface area (Å²) in [5.74, 6) is -0.0188. The van der Waals surface area contributed by atoms with Gasteiger partial charge in [0.2, 0.25) is 5.90 Å². The normalized spacial score (nSPS) is 15.6. The first-order valence-corrected chi connectivity index (χ1v) is 6.58. The molecule has 0 N–H and O–H groups in total. The largest absolute Gasteiger partial charge is 0.497 e. The van der Waals surface area contributed by atoms with Gasteiger partial charge in [0.1, 0.15) is 11.6 Å². The van der Waals surface area contributed by atoms with Crippen molar-refractivity contribution in [2.24, 2.45) is 4.99 Å². The third-order valence-corrected chi connectivity index (χ3v) is 3.11. The minimum atomic E-state index is -0.560. The van der Waals surface area contributed by atoms with Gasteiger partial charge in [-0.25, -0.2) is 14.2 Å².